The molecule has 0 N–H and O–H groups in total. The summed E-state index contributed by atoms with van der Waals surface area (Å²) in [6.45, 7) is 8.52. The van der Waals surface area contributed by atoms with E-state index < -0.39 is 0 Å². The average molecular weight is 416 g/mol. The summed E-state index contributed by atoms with van der Waals surface area (Å²) >= 11 is 6.19. The van der Waals surface area contributed by atoms with E-state index in [0.29, 0.717) is 18.0 Å². The maximum atomic E-state index is 12.8. The lowest BCUT2D eigenvalue weighted by atomic mass is 10.1. The number of halogens is 1. The van der Waals surface area contributed by atoms with Crippen LogP contribution in [0.2, 0.25) is 5.02 Å². The molecule has 3 aromatic rings. The first-order valence-electron chi connectivity index (χ1n) is 9.35. The number of hydrogen-bond donors (Lipinski definition) is 0. The molecule has 0 radical (unpaired) electrons. The van der Waals surface area contributed by atoms with Gasteiger partial charge in [-0.15, -0.1) is 0 Å². The van der Waals surface area contributed by atoms with Gasteiger partial charge in [-0.25, -0.2) is 4.68 Å². The summed E-state index contributed by atoms with van der Waals surface area (Å²) in [6.07, 6.45) is 1.73. The fourth-order valence-corrected chi connectivity index (χ4v) is 3.34. The van der Waals surface area contributed by atoms with E-state index in [-0.39, 0.29) is 12.6 Å². The summed E-state index contributed by atoms with van der Waals surface area (Å²) in [5.74, 6) is 0.567. The van der Waals surface area contributed by atoms with Crippen molar-refractivity contribution in [3.63, 3.8) is 0 Å². The number of benzene rings is 1. The van der Waals surface area contributed by atoms with Crippen LogP contribution in [0, 0.1) is 27.7 Å². The second-order valence-corrected chi connectivity index (χ2v) is 7.70. The van der Waals surface area contributed by atoms with E-state index in [9.17, 15) is 4.79 Å². The van der Waals surface area contributed by atoms with Gasteiger partial charge in [0.25, 0.3) is 5.91 Å². The second kappa shape index (κ2) is 8.29. The van der Waals surface area contributed by atoms with Gasteiger partial charge in [0.2, 0.25) is 0 Å². The molecule has 0 saturated carbocycles. The van der Waals surface area contributed by atoms with Crippen molar-refractivity contribution in [3.05, 3.63) is 63.2 Å². The van der Waals surface area contributed by atoms with E-state index in [1.165, 1.54) is 0 Å². The number of rotatable bonds is 6. The highest BCUT2D eigenvalue weighted by atomic mass is 35.5. The zero-order chi connectivity index (χ0) is 21.3. The molecule has 0 saturated heterocycles. The Morgan fingerprint density at radius 1 is 1.17 bits per heavy atom. The number of nitrogens with zero attached hydrogens (tertiary/aromatic N) is 5. The highest BCUT2D eigenvalue weighted by molar-refractivity contribution is 6.32. The van der Waals surface area contributed by atoms with Crippen LogP contribution in [0.1, 0.15) is 38.6 Å². The normalized spacial score (nSPS) is 11.0. The third-order valence-corrected chi connectivity index (χ3v) is 5.63. The van der Waals surface area contributed by atoms with Gasteiger partial charge < -0.3 is 9.64 Å². The molecule has 2 aromatic heterocycles. The first-order valence-corrected chi connectivity index (χ1v) is 9.72. The molecule has 0 unspecified atom stereocenters. The van der Waals surface area contributed by atoms with Crippen molar-refractivity contribution >= 4 is 17.5 Å². The van der Waals surface area contributed by atoms with Crippen LogP contribution >= 0.6 is 11.6 Å². The van der Waals surface area contributed by atoms with Crippen molar-refractivity contribution in [2.45, 2.75) is 41.0 Å². The van der Waals surface area contributed by atoms with E-state index in [4.69, 9.17) is 16.3 Å². The molecule has 0 fully saturated rings. The summed E-state index contributed by atoms with van der Waals surface area (Å²) in [4.78, 5) is 14.4. The van der Waals surface area contributed by atoms with Crippen LogP contribution < -0.4 is 4.74 Å². The number of amides is 1. The summed E-state index contributed by atoms with van der Waals surface area (Å²) < 4.78 is 9.22. The fourth-order valence-electron chi connectivity index (χ4n) is 3.23. The van der Waals surface area contributed by atoms with Gasteiger partial charge in [-0.1, -0.05) is 11.6 Å². The van der Waals surface area contributed by atoms with Crippen LogP contribution in [0.3, 0.4) is 0 Å². The predicted octanol–water partition coefficient (Wildman–Crippen LogP) is 3.81. The Morgan fingerprint density at radius 3 is 2.41 bits per heavy atom. The topological polar surface area (TPSA) is 65.2 Å². The van der Waals surface area contributed by atoms with Gasteiger partial charge in [0, 0.05) is 43.1 Å². The van der Waals surface area contributed by atoms with E-state index in [0.717, 1.165) is 33.1 Å². The first-order chi connectivity index (χ1) is 13.7. The lowest BCUT2D eigenvalue weighted by Crippen LogP contribution is -2.27. The van der Waals surface area contributed by atoms with Crippen molar-refractivity contribution in [2.75, 3.05) is 7.05 Å². The van der Waals surface area contributed by atoms with Gasteiger partial charge in [0.05, 0.1) is 5.69 Å². The molecule has 3 rings (SSSR count). The standard InChI is InChI=1S/C21H26ClN5O2/c1-13-9-17(10-14(2)20(13)22)29-12-27-8-7-19(24-27)21(28)25(5)11-18-15(3)23-26(6)16(18)4/h7-10H,11-12H2,1-6H3. The van der Waals surface area contributed by atoms with Crippen molar-refractivity contribution in [3.8, 4) is 5.75 Å². The van der Waals surface area contributed by atoms with Crippen molar-refractivity contribution < 1.29 is 9.53 Å². The number of carbonyl (C=O) groups is 1. The molecule has 0 spiro atoms. The molecule has 0 atom stereocenters. The van der Waals surface area contributed by atoms with Gasteiger partial charge in [0.1, 0.15) is 5.75 Å². The maximum absolute atomic E-state index is 12.8. The minimum atomic E-state index is -0.149. The van der Waals surface area contributed by atoms with Crippen molar-refractivity contribution in [1.82, 2.24) is 24.5 Å². The molecular weight excluding hydrogens is 390 g/mol. The predicted molar refractivity (Wildman–Crippen MR) is 112 cm³/mol. The van der Waals surface area contributed by atoms with E-state index in [1.54, 1.807) is 28.9 Å². The summed E-state index contributed by atoms with van der Waals surface area (Å²) in [6, 6.07) is 5.47. The van der Waals surface area contributed by atoms with Crippen LogP contribution in [0.15, 0.2) is 24.4 Å². The molecule has 2 heterocycles. The fraction of sp³-hybridized carbons (Fsp3) is 0.381. The Bertz CT molecular complexity index is 1030. The van der Waals surface area contributed by atoms with E-state index in [2.05, 4.69) is 10.2 Å². The zero-order valence-corrected chi connectivity index (χ0v) is 18.4. The molecule has 1 amide bonds. The molecule has 0 aliphatic heterocycles. The number of aromatic nitrogens is 4. The Morgan fingerprint density at radius 2 is 1.83 bits per heavy atom. The molecule has 29 heavy (non-hydrogen) atoms. The Balaban J connectivity index is 1.65. The number of carbonyl (C=O) groups excluding carboxylic acids is 1. The SMILES string of the molecule is Cc1cc(OCn2ccc(C(=O)N(C)Cc3c(C)nn(C)c3C)n2)cc(C)c1Cl. The number of aryl methyl sites for hydroxylation is 4. The molecule has 0 aliphatic carbocycles. The van der Waals surface area contributed by atoms with Gasteiger partial charge in [0.15, 0.2) is 12.4 Å². The third-order valence-electron chi connectivity index (χ3n) is 5.03. The van der Waals surface area contributed by atoms with Crippen LogP contribution in [-0.4, -0.2) is 37.4 Å². The lowest BCUT2D eigenvalue weighted by Gasteiger charge is -2.16. The monoisotopic (exact) mass is 415 g/mol. The van der Waals surface area contributed by atoms with Crippen molar-refractivity contribution in [2.24, 2.45) is 7.05 Å². The quantitative estimate of drug-likeness (QED) is 0.614. The van der Waals surface area contributed by atoms with E-state index in [1.807, 2.05) is 51.6 Å². The van der Waals surface area contributed by atoms with E-state index >= 15 is 0 Å². The molecule has 0 bridgehead atoms. The average Bonchev–Trinajstić information content (AvgIpc) is 3.24. The van der Waals surface area contributed by atoms with Crippen molar-refractivity contribution in [1.29, 1.82) is 0 Å². The maximum Gasteiger partial charge on any atom is 0.274 e. The minimum absolute atomic E-state index is 0.149. The number of hydrogen-bond acceptors (Lipinski definition) is 4. The van der Waals surface area contributed by atoms with Crippen LogP contribution in [0.4, 0.5) is 0 Å². The van der Waals surface area contributed by atoms with Gasteiger partial charge in [-0.05, 0) is 57.0 Å². The molecular formula is C21H26ClN5O2. The second-order valence-electron chi connectivity index (χ2n) is 7.32. The molecule has 1 aromatic carbocycles. The van der Waals surface area contributed by atoms with Gasteiger partial charge >= 0.3 is 0 Å². The van der Waals surface area contributed by atoms with Crippen LogP contribution in [0.5, 0.6) is 5.75 Å². The largest absolute Gasteiger partial charge is 0.471 e. The third kappa shape index (κ3) is 4.45. The summed E-state index contributed by atoms with van der Waals surface area (Å²) in [7, 11) is 3.67. The highest BCUT2D eigenvalue weighted by Gasteiger charge is 2.18. The Hall–Kier alpha value is -2.80. The zero-order valence-electron chi connectivity index (χ0n) is 17.7. The lowest BCUT2D eigenvalue weighted by molar-refractivity contribution is 0.0776. The molecule has 0 aliphatic rings. The first kappa shape index (κ1) is 20.9. The smallest absolute Gasteiger partial charge is 0.274 e. The summed E-state index contributed by atoms with van der Waals surface area (Å²) in [5, 5.41) is 9.50. The molecule has 8 heteroatoms. The van der Waals surface area contributed by atoms with Gasteiger partial charge in [-0.3, -0.25) is 9.48 Å². The number of ether oxygens (including phenoxy) is 1. The Kier molecular flexibility index (Phi) is 5.98. The minimum Gasteiger partial charge on any atom is -0.471 e. The van der Waals surface area contributed by atoms with Crippen LogP contribution in [0.25, 0.3) is 0 Å². The highest BCUT2D eigenvalue weighted by Crippen LogP contribution is 2.26. The summed E-state index contributed by atoms with van der Waals surface area (Å²) in [5.41, 5.74) is 5.33. The van der Waals surface area contributed by atoms with Gasteiger partial charge in [-0.2, -0.15) is 10.2 Å². The Labute approximate surface area is 175 Å². The van der Waals surface area contributed by atoms with Crippen LogP contribution in [-0.2, 0) is 20.3 Å². The molecule has 154 valence electrons. The molecule has 7 nitrogen and oxygen atoms in total.